The fraction of sp³-hybridized carbons (Fsp3) is 0.381. The maximum atomic E-state index is 12.7. The summed E-state index contributed by atoms with van der Waals surface area (Å²) in [4.78, 5) is 12.7. The van der Waals surface area contributed by atoms with Crippen molar-refractivity contribution in [1.29, 1.82) is 0 Å². The maximum absolute atomic E-state index is 12.7. The summed E-state index contributed by atoms with van der Waals surface area (Å²) in [5.74, 6) is -0.111. The molecule has 2 aliphatic heterocycles. The summed E-state index contributed by atoms with van der Waals surface area (Å²) in [6.45, 7) is 0.977. The Hall–Kier alpha value is -2.45. The highest BCUT2D eigenvalue weighted by molar-refractivity contribution is 5.87. The zero-order valence-corrected chi connectivity index (χ0v) is 15.6. The first-order chi connectivity index (χ1) is 13.6. The molecule has 2 aliphatic rings. The summed E-state index contributed by atoms with van der Waals surface area (Å²) in [6.07, 6.45) is 0.268. The van der Waals surface area contributed by atoms with Gasteiger partial charge in [-0.3, -0.25) is 15.4 Å². The molecule has 7 heteroatoms. The van der Waals surface area contributed by atoms with Crippen LogP contribution in [0.15, 0.2) is 48.5 Å². The lowest BCUT2D eigenvalue weighted by molar-refractivity contribution is -0.139. The molecule has 4 atom stereocenters. The number of benzene rings is 2. The fourth-order valence-electron chi connectivity index (χ4n) is 3.62. The summed E-state index contributed by atoms with van der Waals surface area (Å²) in [7, 11) is 0. The molecule has 7 nitrogen and oxygen atoms in total. The Bertz CT molecular complexity index is 742. The second-order valence-electron chi connectivity index (χ2n) is 7.45. The molecular weight excluding hydrogens is 356 g/mol. The largest absolute Gasteiger partial charge is 0.399 e. The van der Waals surface area contributed by atoms with Crippen LogP contribution in [0.5, 0.6) is 0 Å². The highest BCUT2D eigenvalue weighted by Gasteiger charge is 2.38. The number of Topliss-reactive ketones (excluding diaryl/α,β-unsaturated/α-hetero) is 1. The van der Waals surface area contributed by atoms with E-state index in [-0.39, 0.29) is 17.9 Å². The van der Waals surface area contributed by atoms with Crippen molar-refractivity contribution in [2.75, 3.05) is 24.7 Å². The van der Waals surface area contributed by atoms with Crippen LogP contribution in [0.2, 0.25) is 0 Å². The zero-order valence-electron chi connectivity index (χ0n) is 15.6. The van der Waals surface area contributed by atoms with Crippen LogP contribution >= 0.6 is 0 Å². The van der Waals surface area contributed by atoms with Crippen LogP contribution in [0.3, 0.4) is 0 Å². The molecule has 148 valence electrons. The highest BCUT2D eigenvalue weighted by Crippen LogP contribution is 2.17. The van der Waals surface area contributed by atoms with Crippen molar-refractivity contribution >= 4 is 17.2 Å². The molecular formula is C21H26N4O3. The quantitative estimate of drug-likeness (QED) is 0.548. The van der Waals surface area contributed by atoms with Gasteiger partial charge in [-0.25, -0.2) is 0 Å². The van der Waals surface area contributed by atoms with Gasteiger partial charge in [0.1, 0.15) is 0 Å². The molecule has 2 heterocycles. The van der Waals surface area contributed by atoms with E-state index in [1.165, 1.54) is 0 Å². The first-order valence-corrected chi connectivity index (χ1v) is 9.55. The van der Waals surface area contributed by atoms with E-state index >= 15 is 0 Å². The third kappa shape index (κ3) is 4.51. The van der Waals surface area contributed by atoms with Crippen LogP contribution in [0, 0.1) is 0 Å². The third-order valence-electron chi connectivity index (χ3n) is 5.14. The summed E-state index contributed by atoms with van der Waals surface area (Å²) >= 11 is 0. The van der Waals surface area contributed by atoms with E-state index in [0.29, 0.717) is 13.2 Å². The topological polar surface area (TPSA) is 112 Å². The Morgan fingerprint density at radius 3 is 1.57 bits per heavy atom. The summed E-state index contributed by atoms with van der Waals surface area (Å²) < 4.78 is 11.4. The van der Waals surface area contributed by atoms with Crippen LogP contribution in [0.4, 0.5) is 11.4 Å². The van der Waals surface area contributed by atoms with Gasteiger partial charge in [-0.1, -0.05) is 24.3 Å². The number of anilines is 2. The predicted octanol–water partition coefficient (Wildman–Crippen LogP) is 0.834. The van der Waals surface area contributed by atoms with Gasteiger partial charge in [0.05, 0.1) is 13.2 Å². The average Bonchev–Trinajstić information content (AvgIpc) is 3.35. The number of carbonyl (C=O) groups excluding carboxylic acids is 1. The van der Waals surface area contributed by atoms with Crippen LogP contribution < -0.4 is 22.1 Å². The fourth-order valence-corrected chi connectivity index (χ4v) is 3.62. The molecule has 0 radical (unpaired) electrons. The molecule has 4 rings (SSSR count). The van der Waals surface area contributed by atoms with Gasteiger partial charge in [-0.15, -0.1) is 0 Å². The number of ether oxygens (including phenoxy) is 2. The SMILES string of the molecule is Nc1ccc(C[C@H]2COC(C(=O)C3N[C@@H](Cc4ccc(N)cc4)CO3)N2)cc1. The van der Waals surface area contributed by atoms with E-state index in [2.05, 4.69) is 10.6 Å². The molecule has 2 aromatic rings. The van der Waals surface area contributed by atoms with Crippen molar-refractivity contribution in [2.24, 2.45) is 0 Å². The van der Waals surface area contributed by atoms with Gasteiger partial charge in [-0.2, -0.15) is 0 Å². The highest BCUT2D eigenvalue weighted by atomic mass is 16.5. The van der Waals surface area contributed by atoms with E-state index in [9.17, 15) is 4.79 Å². The lowest BCUT2D eigenvalue weighted by atomic mass is 10.1. The Morgan fingerprint density at radius 2 is 1.18 bits per heavy atom. The standard InChI is InChI=1S/C21H26N4O3/c22-15-5-1-13(2-6-15)9-17-11-27-20(24-17)19(26)21-25-18(12-28-21)10-14-3-7-16(23)8-4-14/h1-8,17-18,20-21,24-25H,9-12,22-23H2/t17-,18-,20?,21?/m0/s1. The van der Waals surface area contributed by atoms with Gasteiger partial charge in [0, 0.05) is 23.5 Å². The molecule has 0 spiro atoms. The summed E-state index contributed by atoms with van der Waals surface area (Å²) in [6, 6.07) is 15.7. The third-order valence-corrected chi connectivity index (χ3v) is 5.14. The number of ketones is 1. The Morgan fingerprint density at radius 1 is 0.786 bits per heavy atom. The van der Waals surface area contributed by atoms with E-state index in [0.717, 1.165) is 35.3 Å². The number of hydrogen-bond acceptors (Lipinski definition) is 7. The Labute approximate surface area is 164 Å². The first-order valence-electron chi connectivity index (χ1n) is 9.55. The average molecular weight is 382 g/mol. The maximum Gasteiger partial charge on any atom is 0.219 e. The molecule has 0 bridgehead atoms. The van der Waals surface area contributed by atoms with Gasteiger partial charge in [0.15, 0.2) is 12.5 Å². The van der Waals surface area contributed by atoms with E-state index in [1.807, 2.05) is 48.5 Å². The second-order valence-corrected chi connectivity index (χ2v) is 7.45. The summed E-state index contributed by atoms with van der Waals surface area (Å²) in [5.41, 5.74) is 15.2. The number of nitrogens with two attached hydrogens (primary N) is 2. The van der Waals surface area contributed by atoms with Gasteiger partial charge in [0.2, 0.25) is 5.78 Å². The number of nitrogen functional groups attached to an aromatic ring is 2. The molecule has 0 amide bonds. The molecule has 2 unspecified atom stereocenters. The van der Waals surface area contributed by atoms with Crippen molar-refractivity contribution in [3.8, 4) is 0 Å². The van der Waals surface area contributed by atoms with Crippen molar-refractivity contribution < 1.29 is 14.3 Å². The van der Waals surface area contributed by atoms with Crippen LogP contribution in [-0.4, -0.2) is 43.5 Å². The molecule has 2 aromatic carbocycles. The normalized spacial score (nSPS) is 27.1. The first kappa shape index (κ1) is 18.9. The van der Waals surface area contributed by atoms with E-state index in [1.54, 1.807) is 0 Å². The van der Waals surface area contributed by atoms with Crippen LogP contribution in [-0.2, 0) is 27.1 Å². The van der Waals surface area contributed by atoms with E-state index in [4.69, 9.17) is 20.9 Å². The minimum absolute atomic E-state index is 0.0875. The van der Waals surface area contributed by atoms with Gasteiger partial charge in [-0.05, 0) is 48.2 Å². The van der Waals surface area contributed by atoms with Gasteiger partial charge in [0.25, 0.3) is 0 Å². The molecule has 2 saturated heterocycles. The molecule has 6 N–H and O–H groups in total. The lowest BCUT2D eigenvalue weighted by Gasteiger charge is -2.16. The predicted molar refractivity (Wildman–Crippen MR) is 107 cm³/mol. The van der Waals surface area contributed by atoms with Crippen molar-refractivity contribution in [3.63, 3.8) is 0 Å². The molecule has 28 heavy (non-hydrogen) atoms. The van der Waals surface area contributed by atoms with Crippen LogP contribution in [0.25, 0.3) is 0 Å². The van der Waals surface area contributed by atoms with Crippen molar-refractivity contribution in [2.45, 2.75) is 37.4 Å². The minimum atomic E-state index is -0.647. The number of nitrogens with one attached hydrogen (secondary N) is 2. The van der Waals surface area contributed by atoms with Crippen molar-refractivity contribution in [1.82, 2.24) is 10.6 Å². The smallest absolute Gasteiger partial charge is 0.219 e. The molecule has 0 saturated carbocycles. The summed E-state index contributed by atoms with van der Waals surface area (Å²) in [5, 5.41) is 6.53. The molecule has 0 aliphatic carbocycles. The molecule has 0 aromatic heterocycles. The molecule has 2 fully saturated rings. The van der Waals surface area contributed by atoms with E-state index < -0.39 is 12.5 Å². The number of carbonyl (C=O) groups is 1. The van der Waals surface area contributed by atoms with Crippen molar-refractivity contribution in [3.05, 3.63) is 59.7 Å². The van der Waals surface area contributed by atoms with Gasteiger partial charge >= 0.3 is 0 Å². The zero-order chi connectivity index (χ0) is 19.5. The lowest BCUT2D eigenvalue weighted by Crippen LogP contribution is -2.47. The number of rotatable bonds is 6. The minimum Gasteiger partial charge on any atom is -0.399 e. The Kier molecular flexibility index (Phi) is 5.59. The monoisotopic (exact) mass is 382 g/mol. The van der Waals surface area contributed by atoms with Crippen LogP contribution in [0.1, 0.15) is 11.1 Å². The Balaban J connectivity index is 1.27. The second kappa shape index (κ2) is 8.28. The number of hydrogen-bond donors (Lipinski definition) is 4. The van der Waals surface area contributed by atoms with Gasteiger partial charge < -0.3 is 20.9 Å².